The Labute approximate surface area is 153 Å². The first-order valence-electron chi connectivity index (χ1n) is 8.07. The average molecular weight is 378 g/mol. The number of aryl methyl sites for hydroxylation is 1. The van der Waals surface area contributed by atoms with Crippen molar-refractivity contribution in [3.05, 3.63) is 46.2 Å². The number of halogens is 1. The molecule has 8 heteroatoms. The predicted molar refractivity (Wildman–Crippen MR) is 94.0 cm³/mol. The van der Waals surface area contributed by atoms with Gasteiger partial charge in [0.1, 0.15) is 0 Å². The second kappa shape index (κ2) is 6.72. The van der Waals surface area contributed by atoms with Crippen LogP contribution in [0.15, 0.2) is 29.6 Å². The zero-order chi connectivity index (χ0) is 17.4. The molecule has 2 aliphatic heterocycles. The summed E-state index contributed by atoms with van der Waals surface area (Å²) in [4.78, 5) is 28.9. The van der Waals surface area contributed by atoms with Gasteiger partial charge in [-0.1, -0.05) is 35.5 Å². The summed E-state index contributed by atoms with van der Waals surface area (Å²) in [6.45, 7) is 1.44. The largest absolute Gasteiger partial charge is 0.448 e. The Balaban J connectivity index is 1.34. The molecule has 25 heavy (non-hydrogen) atoms. The summed E-state index contributed by atoms with van der Waals surface area (Å²) in [6.07, 6.45) is 2.19. The zero-order valence-corrected chi connectivity index (χ0v) is 14.9. The van der Waals surface area contributed by atoms with E-state index in [0.717, 1.165) is 28.7 Å². The lowest BCUT2D eigenvalue weighted by molar-refractivity contribution is -0.130. The van der Waals surface area contributed by atoms with Gasteiger partial charge in [-0.15, -0.1) is 0 Å². The number of fused-ring (bicyclic) bond motifs is 2. The minimum Gasteiger partial charge on any atom is -0.448 e. The van der Waals surface area contributed by atoms with Crippen molar-refractivity contribution in [2.24, 2.45) is 0 Å². The lowest BCUT2D eigenvalue weighted by Crippen LogP contribution is -2.42. The average Bonchev–Trinajstić information content (AvgIpc) is 3.16. The lowest BCUT2D eigenvalue weighted by Gasteiger charge is -2.24. The van der Waals surface area contributed by atoms with Gasteiger partial charge in [0.2, 0.25) is 0 Å². The van der Waals surface area contributed by atoms with Crippen molar-refractivity contribution in [2.75, 3.05) is 12.3 Å². The van der Waals surface area contributed by atoms with Gasteiger partial charge in [0.05, 0.1) is 16.3 Å². The molecule has 0 fully saturated rings. The summed E-state index contributed by atoms with van der Waals surface area (Å²) < 4.78 is 7.38. The maximum atomic E-state index is 12.3. The molecule has 0 saturated heterocycles. The van der Waals surface area contributed by atoms with Crippen molar-refractivity contribution in [1.82, 2.24) is 14.9 Å². The van der Waals surface area contributed by atoms with Gasteiger partial charge in [-0.25, -0.2) is 9.78 Å². The summed E-state index contributed by atoms with van der Waals surface area (Å²) in [5, 5.41) is 4.22. The highest BCUT2D eigenvalue weighted by atomic mass is 35.5. The standard InChI is InChI=1S/C17H16ClN3O3S/c18-12-3-1-2-10-8-13(24-16(23)14(10)12)15(22)19-5-4-11-9-21-6-7-25-17(21)20-11/h1-3,9,13H,4-8H2,(H,19,22). The quantitative estimate of drug-likeness (QED) is 0.826. The van der Waals surface area contributed by atoms with Crippen LogP contribution in [0, 0.1) is 0 Å². The number of aromatic nitrogens is 2. The third kappa shape index (κ3) is 3.26. The molecule has 1 atom stereocenters. The molecule has 0 saturated carbocycles. The monoisotopic (exact) mass is 377 g/mol. The minimum absolute atomic E-state index is 0.292. The number of ether oxygens (including phenoxy) is 1. The molecule has 2 aromatic rings. The van der Waals surface area contributed by atoms with Crippen molar-refractivity contribution in [3.63, 3.8) is 0 Å². The molecular formula is C17H16ClN3O3S. The molecule has 1 aromatic heterocycles. The molecule has 1 unspecified atom stereocenters. The minimum atomic E-state index is -0.818. The van der Waals surface area contributed by atoms with Crippen LogP contribution < -0.4 is 5.32 Å². The van der Waals surface area contributed by atoms with E-state index in [2.05, 4.69) is 14.9 Å². The highest BCUT2D eigenvalue weighted by molar-refractivity contribution is 7.99. The van der Waals surface area contributed by atoms with Crippen LogP contribution >= 0.6 is 23.4 Å². The third-order valence-corrected chi connectivity index (χ3v) is 5.57. The molecule has 4 rings (SSSR count). The van der Waals surface area contributed by atoms with Crippen LogP contribution in [-0.2, 0) is 28.9 Å². The number of esters is 1. The predicted octanol–water partition coefficient (Wildman–Crippen LogP) is 2.08. The number of thioether (sulfide) groups is 1. The number of cyclic esters (lactones) is 1. The van der Waals surface area contributed by atoms with Gasteiger partial charge in [-0.3, -0.25) is 4.79 Å². The number of hydrogen-bond donors (Lipinski definition) is 1. The van der Waals surface area contributed by atoms with Crippen LogP contribution in [0.1, 0.15) is 21.6 Å². The van der Waals surface area contributed by atoms with Gasteiger partial charge in [-0.2, -0.15) is 0 Å². The highest BCUT2D eigenvalue weighted by Crippen LogP contribution is 2.27. The molecule has 130 valence electrons. The summed E-state index contributed by atoms with van der Waals surface area (Å²) in [6, 6.07) is 5.21. The molecular weight excluding hydrogens is 362 g/mol. The van der Waals surface area contributed by atoms with E-state index < -0.39 is 12.1 Å². The van der Waals surface area contributed by atoms with Crippen LogP contribution in [0.4, 0.5) is 0 Å². The smallest absolute Gasteiger partial charge is 0.340 e. The molecule has 2 aliphatic rings. The van der Waals surface area contributed by atoms with Gasteiger partial charge >= 0.3 is 5.97 Å². The van der Waals surface area contributed by atoms with Crippen molar-refractivity contribution in [3.8, 4) is 0 Å². The second-order valence-electron chi connectivity index (χ2n) is 5.97. The molecule has 1 aromatic carbocycles. The Morgan fingerprint density at radius 1 is 1.48 bits per heavy atom. The third-order valence-electron chi connectivity index (χ3n) is 4.28. The van der Waals surface area contributed by atoms with Crippen molar-refractivity contribution in [1.29, 1.82) is 0 Å². The molecule has 0 radical (unpaired) electrons. The lowest BCUT2D eigenvalue weighted by atomic mass is 9.98. The Bertz CT molecular complexity index is 830. The van der Waals surface area contributed by atoms with E-state index in [0.29, 0.717) is 30.0 Å². The van der Waals surface area contributed by atoms with Crippen molar-refractivity contribution in [2.45, 2.75) is 30.6 Å². The van der Waals surface area contributed by atoms with E-state index >= 15 is 0 Å². The fourth-order valence-electron chi connectivity index (χ4n) is 3.05. The summed E-state index contributed by atoms with van der Waals surface area (Å²) in [7, 11) is 0. The summed E-state index contributed by atoms with van der Waals surface area (Å²) in [5.41, 5.74) is 2.06. The van der Waals surface area contributed by atoms with E-state index in [9.17, 15) is 9.59 Å². The van der Waals surface area contributed by atoms with Gasteiger partial charge < -0.3 is 14.6 Å². The normalized spacial score (nSPS) is 18.4. The number of nitrogens with one attached hydrogen (secondary N) is 1. The topological polar surface area (TPSA) is 73.2 Å². The number of nitrogens with zero attached hydrogens (tertiary/aromatic N) is 2. The Morgan fingerprint density at radius 3 is 3.20 bits per heavy atom. The first-order chi connectivity index (χ1) is 12.1. The number of benzene rings is 1. The maximum Gasteiger partial charge on any atom is 0.340 e. The van der Waals surface area contributed by atoms with Crippen LogP contribution in [-0.4, -0.2) is 39.8 Å². The van der Waals surface area contributed by atoms with Gasteiger partial charge in [0.25, 0.3) is 5.91 Å². The number of imidazole rings is 1. The number of hydrogen-bond acceptors (Lipinski definition) is 5. The number of carbonyl (C=O) groups excluding carboxylic acids is 2. The fourth-order valence-corrected chi connectivity index (χ4v) is 4.29. The first-order valence-corrected chi connectivity index (χ1v) is 9.43. The van der Waals surface area contributed by atoms with Crippen molar-refractivity contribution < 1.29 is 14.3 Å². The van der Waals surface area contributed by atoms with E-state index in [1.807, 2.05) is 6.20 Å². The number of carbonyl (C=O) groups is 2. The Morgan fingerprint density at radius 2 is 2.36 bits per heavy atom. The molecule has 1 amide bonds. The highest BCUT2D eigenvalue weighted by Gasteiger charge is 2.32. The van der Waals surface area contributed by atoms with E-state index in [1.54, 1.807) is 30.0 Å². The van der Waals surface area contributed by atoms with Gasteiger partial charge in [0.15, 0.2) is 11.3 Å². The molecule has 0 bridgehead atoms. The van der Waals surface area contributed by atoms with Gasteiger partial charge in [-0.05, 0) is 11.6 Å². The summed E-state index contributed by atoms with van der Waals surface area (Å²) >= 11 is 7.78. The number of rotatable bonds is 4. The van der Waals surface area contributed by atoms with Crippen LogP contribution in [0.5, 0.6) is 0 Å². The van der Waals surface area contributed by atoms with Gasteiger partial charge in [0, 0.05) is 37.9 Å². The molecule has 6 nitrogen and oxygen atoms in total. The SMILES string of the molecule is O=C1OC(C(=O)NCCc2cn3c(n2)SCC3)Cc2cccc(Cl)c21. The van der Waals surface area contributed by atoms with E-state index in [4.69, 9.17) is 16.3 Å². The Hall–Kier alpha value is -1.99. The number of amides is 1. The summed E-state index contributed by atoms with van der Waals surface area (Å²) in [5.74, 6) is 0.229. The van der Waals surface area contributed by atoms with E-state index in [1.165, 1.54) is 0 Å². The molecule has 0 aliphatic carbocycles. The maximum absolute atomic E-state index is 12.3. The van der Waals surface area contributed by atoms with Crippen LogP contribution in [0.2, 0.25) is 5.02 Å². The fraction of sp³-hybridized carbons (Fsp3) is 0.353. The van der Waals surface area contributed by atoms with Crippen molar-refractivity contribution >= 4 is 35.2 Å². The molecule has 3 heterocycles. The Kier molecular flexibility index (Phi) is 4.43. The van der Waals surface area contributed by atoms with Crippen LogP contribution in [0.25, 0.3) is 0 Å². The van der Waals surface area contributed by atoms with Crippen LogP contribution in [0.3, 0.4) is 0 Å². The zero-order valence-electron chi connectivity index (χ0n) is 13.3. The molecule has 1 N–H and O–H groups in total. The van der Waals surface area contributed by atoms with E-state index in [-0.39, 0.29) is 5.91 Å². The first kappa shape index (κ1) is 16.5. The molecule has 0 spiro atoms. The second-order valence-corrected chi connectivity index (χ2v) is 7.44.